The molecule has 6 nitrogen and oxygen atoms in total. The third kappa shape index (κ3) is 4.45. The smallest absolute Gasteiger partial charge is 0.332 e. The summed E-state index contributed by atoms with van der Waals surface area (Å²) in [4.78, 5) is 15.1. The molecule has 33 heavy (non-hydrogen) atoms. The van der Waals surface area contributed by atoms with E-state index < -0.39 is 5.79 Å². The van der Waals surface area contributed by atoms with Crippen molar-refractivity contribution < 1.29 is 23.7 Å². The third-order valence-corrected chi connectivity index (χ3v) is 8.10. The van der Waals surface area contributed by atoms with Crippen LogP contribution >= 0.6 is 0 Å². The number of piperidine rings is 1. The molecule has 1 aliphatic carbocycles. The molecule has 0 aromatic heterocycles. The first-order valence-corrected chi connectivity index (χ1v) is 12.7. The second-order valence-corrected chi connectivity index (χ2v) is 9.90. The molecular weight excluding hydrogens is 418 g/mol. The SMILES string of the molecule is CCOC(=O)/C=C1/C(CCCOCc2ccccc2)C2CCCC23CC2(CCN13)OCCO2. The van der Waals surface area contributed by atoms with Crippen LogP contribution in [-0.4, -0.2) is 55.2 Å². The number of rotatable bonds is 8. The lowest BCUT2D eigenvalue weighted by Crippen LogP contribution is -2.57. The molecule has 3 atom stereocenters. The third-order valence-electron chi connectivity index (χ3n) is 8.10. The number of esters is 1. The molecule has 3 heterocycles. The van der Waals surface area contributed by atoms with Crippen LogP contribution in [0.3, 0.4) is 0 Å². The Balaban J connectivity index is 1.31. The van der Waals surface area contributed by atoms with Gasteiger partial charge in [-0.15, -0.1) is 0 Å². The normalized spacial score (nSPS) is 31.2. The van der Waals surface area contributed by atoms with E-state index in [1.807, 2.05) is 25.1 Å². The standard InChI is InChI=1S/C27H37NO5/c1-2-31-25(29)18-24-22(10-7-15-30-19-21-8-4-3-5-9-21)23-11-6-12-26(23)20-27(13-14-28(24)26)32-16-17-33-27/h3-5,8-9,18,22-23H,2,6-7,10-17,19-20H2,1H3/b24-18-. The number of carbonyl (C=O) groups is 1. The van der Waals surface area contributed by atoms with Gasteiger partial charge in [0.25, 0.3) is 0 Å². The van der Waals surface area contributed by atoms with Gasteiger partial charge in [0.15, 0.2) is 5.79 Å². The van der Waals surface area contributed by atoms with Crippen molar-refractivity contribution in [2.45, 2.75) is 69.8 Å². The lowest BCUT2D eigenvalue weighted by atomic mass is 9.74. The fourth-order valence-electron chi connectivity index (χ4n) is 6.91. The number of ether oxygens (including phenoxy) is 4. The van der Waals surface area contributed by atoms with Gasteiger partial charge in [-0.1, -0.05) is 36.8 Å². The van der Waals surface area contributed by atoms with Crippen LogP contribution in [0.4, 0.5) is 0 Å². The zero-order valence-electron chi connectivity index (χ0n) is 19.8. The summed E-state index contributed by atoms with van der Waals surface area (Å²) in [5.41, 5.74) is 2.42. The number of benzene rings is 1. The predicted octanol–water partition coefficient (Wildman–Crippen LogP) is 4.44. The molecule has 0 bridgehead atoms. The minimum atomic E-state index is -0.429. The summed E-state index contributed by atoms with van der Waals surface area (Å²) in [5, 5.41) is 0. The Morgan fingerprint density at radius 1 is 1.21 bits per heavy atom. The number of carbonyl (C=O) groups excluding carboxylic acids is 1. The first kappa shape index (κ1) is 22.9. The van der Waals surface area contributed by atoms with Gasteiger partial charge in [-0.25, -0.2) is 4.79 Å². The Bertz CT molecular complexity index is 849. The average molecular weight is 456 g/mol. The van der Waals surface area contributed by atoms with E-state index >= 15 is 0 Å². The lowest BCUT2D eigenvalue weighted by molar-refractivity contribution is -0.209. The molecule has 1 saturated carbocycles. The molecule has 4 aliphatic rings. The first-order valence-electron chi connectivity index (χ1n) is 12.7. The van der Waals surface area contributed by atoms with Gasteiger partial charge in [0.2, 0.25) is 0 Å². The van der Waals surface area contributed by atoms with Gasteiger partial charge in [0.05, 0.1) is 26.4 Å². The van der Waals surface area contributed by atoms with E-state index in [0.29, 0.717) is 38.3 Å². The van der Waals surface area contributed by atoms with Crippen LogP contribution in [0.5, 0.6) is 0 Å². The Hall–Kier alpha value is -1.89. The van der Waals surface area contributed by atoms with Gasteiger partial charge >= 0.3 is 5.97 Å². The molecule has 3 aliphatic heterocycles. The van der Waals surface area contributed by atoms with Crippen molar-refractivity contribution in [3.8, 4) is 0 Å². The van der Waals surface area contributed by atoms with E-state index in [-0.39, 0.29) is 11.5 Å². The second kappa shape index (κ2) is 9.77. The van der Waals surface area contributed by atoms with Crippen LogP contribution in [0.15, 0.2) is 42.1 Å². The Morgan fingerprint density at radius 2 is 2.03 bits per heavy atom. The summed E-state index contributed by atoms with van der Waals surface area (Å²) in [6.45, 7) is 5.90. The topological polar surface area (TPSA) is 57.2 Å². The highest BCUT2D eigenvalue weighted by Gasteiger charge is 2.63. The van der Waals surface area contributed by atoms with Crippen LogP contribution in [0, 0.1) is 11.8 Å². The summed E-state index contributed by atoms with van der Waals surface area (Å²) in [7, 11) is 0. The zero-order valence-corrected chi connectivity index (χ0v) is 19.8. The van der Waals surface area contributed by atoms with E-state index in [1.54, 1.807) is 6.08 Å². The first-order chi connectivity index (χ1) is 16.2. The van der Waals surface area contributed by atoms with Crippen LogP contribution < -0.4 is 0 Å². The maximum Gasteiger partial charge on any atom is 0.332 e. The highest BCUT2D eigenvalue weighted by molar-refractivity contribution is 5.83. The van der Waals surface area contributed by atoms with Gasteiger partial charge < -0.3 is 23.8 Å². The lowest BCUT2D eigenvalue weighted by Gasteiger charge is -2.50. The van der Waals surface area contributed by atoms with E-state index in [2.05, 4.69) is 17.0 Å². The molecule has 3 saturated heterocycles. The Labute approximate surface area is 197 Å². The van der Waals surface area contributed by atoms with Crippen molar-refractivity contribution in [1.29, 1.82) is 0 Å². The van der Waals surface area contributed by atoms with Crippen molar-refractivity contribution in [2.24, 2.45) is 11.8 Å². The van der Waals surface area contributed by atoms with Crippen LogP contribution in [0.2, 0.25) is 0 Å². The quantitative estimate of drug-likeness (QED) is 0.328. The Morgan fingerprint density at radius 3 is 2.82 bits per heavy atom. The van der Waals surface area contributed by atoms with Gasteiger partial charge in [0.1, 0.15) is 0 Å². The second-order valence-electron chi connectivity index (χ2n) is 9.90. The fourth-order valence-corrected chi connectivity index (χ4v) is 6.91. The van der Waals surface area contributed by atoms with Crippen molar-refractivity contribution in [3.63, 3.8) is 0 Å². The molecule has 3 unspecified atom stereocenters. The number of allylic oxidation sites excluding steroid dienone is 1. The predicted molar refractivity (Wildman–Crippen MR) is 124 cm³/mol. The van der Waals surface area contributed by atoms with Gasteiger partial charge in [0, 0.05) is 49.2 Å². The zero-order chi connectivity index (χ0) is 22.7. The largest absolute Gasteiger partial charge is 0.463 e. The van der Waals surface area contributed by atoms with Crippen molar-refractivity contribution in [2.75, 3.05) is 33.0 Å². The van der Waals surface area contributed by atoms with E-state index in [1.165, 1.54) is 24.1 Å². The monoisotopic (exact) mass is 455 g/mol. The minimum Gasteiger partial charge on any atom is -0.463 e. The Kier molecular flexibility index (Phi) is 6.77. The average Bonchev–Trinajstić information content (AvgIpc) is 3.49. The summed E-state index contributed by atoms with van der Waals surface area (Å²) in [5.74, 6) is 0.231. The molecular formula is C27H37NO5. The molecule has 5 rings (SSSR count). The fraction of sp³-hybridized carbons (Fsp3) is 0.667. The maximum absolute atomic E-state index is 12.5. The van der Waals surface area contributed by atoms with Gasteiger partial charge in [-0.2, -0.15) is 0 Å². The summed E-state index contributed by atoms with van der Waals surface area (Å²) in [6.07, 6.45) is 9.13. The van der Waals surface area contributed by atoms with E-state index in [4.69, 9.17) is 18.9 Å². The number of hydrogen-bond donors (Lipinski definition) is 0. The summed E-state index contributed by atoms with van der Waals surface area (Å²) in [6, 6.07) is 10.3. The van der Waals surface area contributed by atoms with Crippen molar-refractivity contribution in [1.82, 2.24) is 4.90 Å². The molecule has 0 radical (unpaired) electrons. The van der Waals surface area contributed by atoms with E-state index in [9.17, 15) is 4.79 Å². The van der Waals surface area contributed by atoms with E-state index in [0.717, 1.165) is 45.3 Å². The molecule has 180 valence electrons. The molecule has 0 amide bonds. The summed E-state index contributed by atoms with van der Waals surface area (Å²) >= 11 is 0. The van der Waals surface area contributed by atoms with Crippen LogP contribution in [0.1, 0.15) is 57.4 Å². The van der Waals surface area contributed by atoms with Crippen LogP contribution in [0.25, 0.3) is 0 Å². The summed E-state index contributed by atoms with van der Waals surface area (Å²) < 4.78 is 23.6. The van der Waals surface area contributed by atoms with Crippen molar-refractivity contribution in [3.05, 3.63) is 47.7 Å². The number of hydrogen-bond acceptors (Lipinski definition) is 6. The van der Waals surface area contributed by atoms with Gasteiger partial charge in [-0.3, -0.25) is 0 Å². The molecule has 4 fully saturated rings. The van der Waals surface area contributed by atoms with Gasteiger partial charge in [-0.05, 0) is 44.1 Å². The number of nitrogens with zero attached hydrogens (tertiary/aromatic N) is 1. The maximum atomic E-state index is 12.5. The van der Waals surface area contributed by atoms with Crippen molar-refractivity contribution >= 4 is 5.97 Å². The van der Waals surface area contributed by atoms with Crippen LogP contribution in [-0.2, 0) is 30.3 Å². The molecule has 1 aromatic rings. The minimum absolute atomic E-state index is 0.0382. The highest BCUT2D eigenvalue weighted by Crippen LogP contribution is 2.61. The molecule has 0 N–H and O–H groups in total. The highest BCUT2D eigenvalue weighted by atomic mass is 16.7. The molecule has 1 aromatic carbocycles. The molecule has 6 heteroatoms. The molecule has 2 spiro atoms.